The number of carbonyl (C=O) groups is 2. The Morgan fingerprint density at radius 3 is 1.67 bits per heavy atom. The van der Waals surface area contributed by atoms with E-state index in [1.165, 1.54) is 13.5 Å². The van der Waals surface area contributed by atoms with Crippen molar-refractivity contribution in [2.45, 2.75) is 84.2 Å². The van der Waals surface area contributed by atoms with Gasteiger partial charge in [0.1, 0.15) is 6.61 Å². The fourth-order valence-corrected chi connectivity index (χ4v) is 8.06. The second-order valence-corrected chi connectivity index (χ2v) is 12.3. The van der Waals surface area contributed by atoms with Crippen LogP contribution in [0.5, 0.6) is 0 Å². The molecular formula is C28H42F6O5. The summed E-state index contributed by atoms with van der Waals surface area (Å²) in [6, 6.07) is 0. The van der Waals surface area contributed by atoms with E-state index in [1.54, 1.807) is 0 Å². The Labute approximate surface area is 226 Å². The van der Waals surface area contributed by atoms with Crippen molar-refractivity contribution in [2.75, 3.05) is 20.8 Å². The third-order valence-corrected chi connectivity index (χ3v) is 10.8. The van der Waals surface area contributed by atoms with E-state index in [0.717, 1.165) is 18.8 Å². The first kappa shape index (κ1) is 32.0. The standard InChI is InChI=1S/C14H20F6O.C14H22O4/c1-7-8(2)11-5-9(7)4-10(11)6-12(21-3,13(15,16)17)14(18,19)20;1-8-9(2)11-6-10(8)7-12(11)14(16)18-5-4-13(15)17-3/h7-11H,4-6H2,1-3H3;8-12H,4-7H2,1-3H3. The summed E-state index contributed by atoms with van der Waals surface area (Å²) in [5.41, 5.74) is -4.04. The maximum absolute atomic E-state index is 13.1. The lowest BCUT2D eigenvalue weighted by molar-refractivity contribution is -0.380. The maximum Gasteiger partial charge on any atom is 0.426 e. The molecular weight excluding hydrogens is 530 g/mol. The van der Waals surface area contributed by atoms with Crippen molar-refractivity contribution in [1.29, 1.82) is 0 Å². The molecule has 10 unspecified atom stereocenters. The Morgan fingerprint density at radius 1 is 0.744 bits per heavy atom. The molecule has 226 valence electrons. The third-order valence-electron chi connectivity index (χ3n) is 10.8. The molecule has 11 heteroatoms. The Kier molecular flexibility index (Phi) is 9.65. The molecule has 39 heavy (non-hydrogen) atoms. The molecule has 0 heterocycles. The van der Waals surface area contributed by atoms with Crippen molar-refractivity contribution in [3.8, 4) is 0 Å². The molecule has 0 radical (unpaired) electrons. The van der Waals surface area contributed by atoms with Crippen LogP contribution < -0.4 is 0 Å². The van der Waals surface area contributed by atoms with Gasteiger partial charge in [-0.05, 0) is 85.4 Å². The van der Waals surface area contributed by atoms with Gasteiger partial charge in [-0.25, -0.2) is 0 Å². The van der Waals surface area contributed by atoms with E-state index in [1.807, 2.05) is 13.8 Å². The van der Waals surface area contributed by atoms with Crippen LogP contribution in [0.25, 0.3) is 0 Å². The Balaban J connectivity index is 0.000000218. The minimum Gasteiger partial charge on any atom is -0.469 e. The average Bonchev–Trinajstić information content (AvgIpc) is 3.59. The molecule has 4 saturated carbocycles. The van der Waals surface area contributed by atoms with Crippen molar-refractivity contribution in [1.82, 2.24) is 0 Å². The van der Waals surface area contributed by atoms with Crippen LogP contribution in [-0.2, 0) is 23.8 Å². The van der Waals surface area contributed by atoms with Crippen LogP contribution in [0.4, 0.5) is 26.3 Å². The van der Waals surface area contributed by atoms with Gasteiger partial charge in [-0.2, -0.15) is 26.3 Å². The summed E-state index contributed by atoms with van der Waals surface area (Å²) in [6.07, 6.45) is -8.49. The van der Waals surface area contributed by atoms with E-state index < -0.39 is 30.3 Å². The molecule has 0 N–H and O–H groups in total. The van der Waals surface area contributed by atoms with Gasteiger partial charge >= 0.3 is 24.3 Å². The van der Waals surface area contributed by atoms with Gasteiger partial charge in [0.2, 0.25) is 0 Å². The second kappa shape index (κ2) is 11.8. The molecule has 4 aliphatic rings. The number of esters is 2. The molecule has 4 rings (SSSR count). The average molecular weight is 573 g/mol. The highest BCUT2D eigenvalue weighted by atomic mass is 19.4. The number of alkyl halides is 6. The zero-order valence-electron chi connectivity index (χ0n) is 23.5. The molecule has 0 aromatic carbocycles. The van der Waals surface area contributed by atoms with Gasteiger partial charge in [-0.15, -0.1) is 0 Å². The summed E-state index contributed by atoms with van der Waals surface area (Å²) in [4.78, 5) is 22.9. The summed E-state index contributed by atoms with van der Waals surface area (Å²) in [6.45, 7) is 8.63. The van der Waals surface area contributed by atoms with Crippen molar-refractivity contribution < 1.29 is 50.1 Å². The normalized spacial score (nSPS) is 37.4. The van der Waals surface area contributed by atoms with Crippen molar-refractivity contribution in [2.24, 2.45) is 59.2 Å². The summed E-state index contributed by atoms with van der Waals surface area (Å²) >= 11 is 0. The van der Waals surface area contributed by atoms with E-state index in [0.29, 0.717) is 37.2 Å². The fraction of sp³-hybridized carbons (Fsp3) is 0.929. The van der Waals surface area contributed by atoms with Gasteiger partial charge in [0.15, 0.2) is 0 Å². The highest BCUT2D eigenvalue weighted by Crippen LogP contribution is 2.60. The van der Waals surface area contributed by atoms with E-state index in [-0.39, 0.29) is 48.6 Å². The minimum atomic E-state index is -5.46. The number of hydrogen-bond donors (Lipinski definition) is 0. The number of methoxy groups -OCH3 is 2. The quantitative estimate of drug-likeness (QED) is 0.247. The molecule has 4 bridgehead atoms. The predicted octanol–water partition coefficient (Wildman–Crippen LogP) is 6.84. The Morgan fingerprint density at radius 2 is 1.26 bits per heavy atom. The first-order chi connectivity index (χ1) is 18.0. The van der Waals surface area contributed by atoms with E-state index in [4.69, 9.17) is 4.74 Å². The molecule has 4 aliphatic carbocycles. The monoisotopic (exact) mass is 572 g/mol. The number of fused-ring (bicyclic) bond motifs is 4. The molecule has 0 amide bonds. The number of halogens is 6. The third kappa shape index (κ3) is 6.08. The van der Waals surface area contributed by atoms with E-state index in [2.05, 4.69) is 23.3 Å². The highest BCUT2D eigenvalue weighted by Gasteiger charge is 2.73. The van der Waals surface area contributed by atoms with Crippen molar-refractivity contribution in [3.05, 3.63) is 0 Å². The fourth-order valence-electron chi connectivity index (χ4n) is 8.06. The largest absolute Gasteiger partial charge is 0.469 e. The minimum absolute atomic E-state index is 0.0545. The van der Waals surface area contributed by atoms with Crippen LogP contribution in [0.2, 0.25) is 0 Å². The molecule has 4 fully saturated rings. The van der Waals surface area contributed by atoms with Gasteiger partial charge in [0.05, 0.1) is 19.4 Å². The molecule has 0 aromatic rings. The summed E-state index contributed by atoms with van der Waals surface area (Å²) in [5.74, 6) is 2.25. The lowest BCUT2D eigenvalue weighted by Gasteiger charge is -2.41. The first-order valence-electron chi connectivity index (χ1n) is 13.9. The van der Waals surface area contributed by atoms with Crippen molar-refractivity contribution in [3.63, 3.8) is 0 Å². The lowest BCUT2D eigenvalue weighted by atomic mass is 9.71. The molecule has 0 saturated heterocycles. The molecule has 0 aromatic heterocycles. The summed E-state index contributed by atoms with van der Waals surface area (Å²) in [7, 11) is 1.84. The van der Waals surface area contributed by atoms with E-state index >= 15 is 0 Å². The van der Waals surface area contributed by atoms with E-state index in [9.17, 15) is 35.9 Å². The predicted molar refractivity (Wildman–Crippen MR) is 130 cm³/mol. The maximum atomic E-state index is 13.1. The smallest absolute Gasteiger partial charge is 0.426 e. The highest BCUT2D eigenvalue weighted by molar-refractivity contribution is 5.74. The van der Waals surface area contributed by atoms with Gasteiger partial charge in [0.25, 0.3) is 5.60 Å². The number of rotatable bonds is 7. The van der Waals surface area contributed by atoms with Crippen LogP contribution in [0, 0.1) is 59.2 Å². The number of carbonyl (C=O) groups excluding carboxylic acids is 2. The SMILES string of the molecule is COC(=O)CCOC(=O)C1CC2CC1C(C)C2C.COC(CC1CC2CC1C(C)C2C)(C(F)(F)F)C(F)(F)F. The number of ether oxygens (including phenoxy) is 3. The molecule has 10 atom stereocenters. The van der Waals surface area contributed by atoms with Crippen LogP contribution in [0.1, 0.15) is 66.2 Å². The van der Waals surface area contributed by atoms with Gasteiger partial charge in [0, 0.05) is 7.11 Å². The van der Waals surface area contributed by atoms with Crippen LogP contribution in [0.15, 0.2) is 0 Å². The Hall–Kier alpha value is -1.52. The number of hydrogen-bond acceptors (Lipinski definition) is 5. The van der Waals surface area contributed by atoms with Gasteiger partial charge in [-0.1, -0.05) is 27.7 Å². The molecule has 0 spiro atoms. The molecule has 0 aliphatic heterocycles. The second-order valence-electron chi connectivity index (χ2n) is 12.3. The lowest BCUT2D eigenvalue weighted by Crippen LogP contribution is -2.59. The van der Waals surface area contributed by atoms with Crippen molar-refractivity contribution >= 4 is 11.9 Å². The first-order valence-corrected chi connectivity index (χ1v) is 13.9. The molecule has 5 nitrogen and oxygen atoms in total. The Bertz CT molecular complexity index is 855. The van der Waals surface area contributed by atoms with Gasteiger partial charge in [-0.3, -0.25) is 9.59 Å². The van der Waals surface area contributed by atoms with Crippen LogP contribution in [-0.4, -0.2) is 50.7 Å². The summed E-state index contributed by atoms with van der Waals surface area (Å²) in [5, 5.41) is 0. The van der Waals surface area contributed by atoms with Gasteiger partial charge < -0.3 is 14.2 Å². The zero-order valence-corrected chi connectivity index (χ0v) is 23.5. The topological polar surface area (TPSA) is 61.8 Å². The van der Waals surface area contributed by atoms with Crippen LogP contribution in [0.3, 0.4) is 0 Å². The van der Waals surface area contributed by atoms with Crippen LogP contribution >= 0.6 is 0 Å². The summed E-state index contributed by atoms with van der Waals surface area (Å²) < 4.78 is 92.3. The zero-order chi connectivity index (χ0) is 29.5.